The zero-order chi connectivity index (χ0) is 10.7. The molecule has 0 fully saturated rings. The van der Waals surface area contributed by atoms with E-state index < -0.39 is 0 Å². The molecule has 0 atom stereocenters. The third-order valence-corrected chi connectivity index (χ3v) is 2.65. The van der Waals surface area contributed by atoms with Crippen molar-refractivity contribution in [1.82, 2.24) is 4.98 Å². The fourth-order valence-electron chi connectivity index (χ4n) is 1.09. The second-order valence-corrected chi connectivity index (χ2v) is 3.63. The zero-order valence-corrected chi connectivity index (χ0v) is 8.91. The fraction of sp³-hybridized carbons (Fsp3) is 0.200. The molecule has 0 N–H and O–H groups in total. The number of esters is 1. The van der Waals surface area contributed by atoms with E-state index in [2.05, 4.69) is 4.98 Å². The average Bonchev–Trinajstić information content (AvgIpc) is 2.89. The molecule has 2 heterocycles. The number of hydrogen-bond acceptors (Lipinski definition) is 5. The number of rotatable bonds is 3. The predicted molar refractivity (Wildman–Crippen MR) is 55.8 cm³/mol. The predicted octanol–water partition coefficient (Wildman–Crippen LogP) is 2.58. The van der Waals surface area contributed by atoms with Crippen LogP contribution in [-0.4, -0.2) is 17.6 Å². The van der Waals surface area contributed by atoms with E-state index in [0.717, 1.165) is 10.6 Å². The van der Waals surface area contributed by atoms with E-state index in [1.165, 1.54) is 11.3 Å². The number of thiazole rings is 1. The lowest BCUT2D eigenvalue weighted by Gasteiger charge is -1.95. The molecule has 15 heavy (non-hydrogen) atoms. The molecule has 5 heteroatoms. The first-order valence-corrected chi connectivity index (χ1v) is 5.34. The summed E-state index contributed by atoms with van der Waals surface area (Å²) in [6, 6.07) is 1.80. The van der Waals surface area contributed by atoms with Crippen molar-refractivity contribution in [3.05, 3.63) is 29.7 Å². The highest BCUT2D eigenvalue weighted by molar-refractivity contribution is 7.13. The van der Waals surface area contributed by atoms with Gasteiger partial charge < -0.3 is 9.15 Å². The average molecular weight is 223 g/mol. The van der Waals surface area contributed by atoms with E-state index in [4.69, 9.17) is 9.15 Å². The van der Waals surface area contributed by atoms with Crippen LogP contribution in [0, 0.1) is 0 Å². The largest absolute Gasteiger partial charge is 0.472 e. The summed E-state index contributed by atoms with van der Waals surface area (Å²) in [5.41, 5.74) is 1.22. The smallest absolute Gasteiger partial charge is 0.357 e. The Labute approximate surface area is 90.5 Å². The summed E-state index contributed by atoms with van der Waals surface area (Å²) in [5, 5.41) is 2.44. The van der Waals surface area contributed by atoms with E-state index in [9.17, 15) is 4.79 Å². The molecule has 0 unspecified atom stereocenters. The SMILES string of the molecule is CCOC(=O)c1csc(-c2ccoc2)n1. The van der Waals surface area contributed by atoms with Gasteiger partial charge in [0.15, 0.2) is 5.69 Å². The summed E-state index contributed by atoms with van der Waals surface area (Å²) >= 11 is 1.39. The van der Waals surface area contributed by atoms with Gasteiger partial charge in [0.05, 0.1) is 12.9 Å². The van der Waals surface area contributed by atoms with E-state index >= 15 is 0 Å². The summed E-state index contributed by atoms with van der Waals surface area (Å²) in [7, 11) is 0. The van der Waals surface area contributed by atoms with Crippen LogP contribution in [0.25, 0.3) is 10.6 Å². The van der Waals surface area contributed by atoms with Crippen molar-refractivity contribution in [3.8, 4) is 10.6 Å². The van der Waals surface area contributed by atoms with Crippen molar-refractivity contribution in [2.24, 2.45) is 0 Å². The van der Waals surface area contributed by atoms with Crippen molar-refractivity contribution < 1.29 is 13.9 Å². The molecule has 2 aromatic heterocycles. The number of ether oxygens (including phenoxy) is 1. The van der Waals surface area contributed by atoms with Crippen LogP contribution in [0.2, 0.25) is 0 Å². The number of carbonyl (C=O) groups is 1. The molecule has 2 rings (SSSR count). The molecule has 0 aromatic carbocycles. The van der Waals surface area contributed by atoms with Crippen LogP contribution in [0.3, 0.4) is 0 Å². The highest BCUT2D eigenvalue weighted by Gasteiger charge is 2.12. The fourth-order valence-corrected chi connectivity index (χ4v) is 1.87. The third kappa shape index (κ3) is 2.07. The van der Waals surface area contributed by atoms with Gasteiger partial charge in [-0.05, 0) is 13.0 Å². The van der Waals surface area contributed by atoms with Crippen LogP contribution in [-0.2, 0) is 4.74 Å². The van der Waals surface area contributed by atoms with E-state index in [1.54, 1.807) is 30.9 Å². The quantitative estimate of drug-likeness (QED) is 0.750. The lowest BCUT2D eigenvalue weighted by atomic mass is 10.3. The zero-order valence-electron chi connectivity index (χ0n) is 8.10. The molecule has 4 nitrogen and oxygen atoms in total. The molecule has 0 saturated carbocycles. The maximum atomic E-state index is 11.3. The molecule has 0 saturated heterocycles. The molecule has 2 aromatic rings. The Kier molecular flexibility index (Phi) is 2.82. The van der Waals surface area contributed by atoms with Crippen molar-refractivity contribution in [1.29, 1.82) is 0 Å². The minimum absolute atomic E-state index is 0.345. The van der Waals surface area contributed by atoms with Gasteiger partial charge in [-0.1, -0.05) is 0 Å². The maximum absolute atomic E-state index is 11.3. The summed E-state index contributed by atoms with van der Waals surface area (Å²) in [5.74, 6) is -0.386. The second kappa shape index (κ2) is 4.27. The molecule has 0 aliphatic rings. The van der Waals surface area contributed by atoms with Gasteiger partial charge in [-0.25, -0.2) is 9.78 Å². The van der Waals surface area contributed by atoms with Gasteiger partial charge in [0.2, 0.25) is 0 Å². The minimum Gasteiger partial charge on any atom is -0.472 e. The standard InChI is InChI=1S/C10H9NO3S/c1-2-14-10(12)8-6-15-9(11-8)7-3-4-13-5-7/h3-6H,2H2,1H3. The molecule has 0 aliphatic heterocycles. The first-order chi connectivity index (χ1) is 7.31. The van der Waals surface area contributed by atoms with Gasteiger partial charge in [0.25, 0.3) is 0 Å². The van der Waals surface area contributed by atoms with Crippen LogP contribution < -0.4 is 0 Å². The normalized spacial score (nSPS) is 10.2. The lowest BCUT2D eigenvalue weighted by Crippen LogP contribution is -2.04. The van der Waals surface area contributed by atoms with E-state index in [1.807, 2.05) is 0 Å². The number of furan rings is 1. The first kappa shape index (κ1) is 9.92. The van der Waals surface area contributed by atoms with Gasteiger partial charge in [-0.3, -0.25) is 0 Å². The Hall–Kier alpha value is -1.62. The minimum atomic E-state index is -0.386. The molecule has 0 bridgehead atoms. The Balaban J connectivity index is 2.21. The van der Waals surface area contributed by atoms with E-state index in [0.29, 0.717) is 12.3 Å². The van der Waals surface area contributed by atoms with Gasteiger partial charge >= 0.3 is 5.97 Å². The number of nitrogens with zero attached hydrogens (tertiary/aromatic N) is 1. The molecule has 0 radical (unpaired) electrons. The highest BCUT2D eigenvalue weighted by Crippen LogP contribution is 2.24. The topological polar surface area (TPSA) is 52.3 Å². The van der Waals surface area contributed by atoms with Crippen LogP contribution in [0.5, 0.6) is 0 Å². The molecular formula is C10H9NO3S. The van der Waals surface area contributed by atoms with Crippen LogP contribution in [0.4, 0.5) is 0 Å². The van der Waals surface area contributed by atoms with Crippen LogP contribution in [0.15, 0.2) is 28.4 Å². The van der Waals surface area contributed by atoms with Crippen molar-refractivity contribution in [2.75, 3.05) is 6.61 Å². The lowest BCUT2D eigenvalue weighted by molar-refractivity contribution is 0.0520. The third-order valence-electron chi connectivity index (χ3n) is 1.76. The summed E-state index contributed by atoms with van der Waals surface area (Å²) in [4.78, 5) is 15.5. The molecule has 0 aliphatic carbocycles. The van der Waals surface area contributed by atoms with Gasteiger partial charge in [0.1, 0.15) is 11.3 Å². The summed E-state index contributed by atoms with van der Waals surface area (Å²) in [6.45, 7) is 2.12. The monoisotopic (exact) mass is 223 g/mol. The van der Waals surface area contributed by atoms with Crippen LogP contribution in [0.1, 0.15) is 17.4 Å². The van der Waals surface area contributed by atoms with E-state index in [-0.39, 0.29) is 5.97 Å². The van der Waals surface area contributed by atoms with Gasteiger partial charge in [-0.15, -0.1) is 11.3 Å². The highest BCUT2D eigenvalue weighted by atomic mass is 32.1. The Morgan fingerprint density at radius 3 is 3.20 bits per heavy atom. The molecule has 0 amide bonds. The summed E-state index contributed by atoms with van der Waals surface area (Å²) in [6.07, 6.45) is 3.16. The van der Waals surface area contributed by atoms with Crippen LogP contribution >= 0.6 is 11.3 Å². The number of aromatic nitrogens is 1. The molecule has 78 valence electrons. The van der Waals surface area contributed by atoms with Crippen molar-refractivity contribution >= 4 is 17.3 Å². The molecular weight excluding hydrogens is 214 g/mol. The maximum Gasteiger partial charge on any atom is 0.357 e. The Morgan fingerprint density at radius 1 is 1.67 bits per heavy atom. The van der Waals surface area contributed by atoms with Gasteiger partial charge in [-0.2, -0.15) is 0 Å². The first-order valence-electron chi connectivity index (χ1n) is 4.46. The van der Waals surface area contributed by atoms with Crippen molar-refractivity contribution in [3.63, 3.8) is 0 Å². The summed E-state index contributed by atoms with van der Waals surface area (Å²) < 4.78 is 9.78. The number of carbonyl (C=O) groups excluding carboxylic acids is 1. The van der Waals surface area contributed by atoms with Crippen molar-refractivity contribution in [2.45, 2.75) is 6.92 Å². The Bertz CT molecular complexity index is 447. The van der Waals surface area contributed by atoms with Gasteiger partial charge in [0, 0.05) is 10.9 Å². The Morgan fingerprint density at radius 2 is 2.53 bits per heavy atom. The molecule has 0 spiro atoms. The number of hydrogen-bond donors (Lipinski definition) is 0. The second-order valence-electron chi connectivity index (χ2n) is 2.77.